The number of nitrogens with zero attached hydrogens (tertiary/aromatic N) is 1. The number of piperidine rings is 2. The predicted octanol–water partition coefficient (Wildman–Crippen LogP) is 4.19. The lowest BCUT2D eigenvalue weighted by molar-refractivity contribution is -0.0475. The van der Waals surface area contributed by atoms with Crippen molar-refractivity contribution in [1.29, 1.82) is 0 Å². The quantitative estimate of drug-likeness (QED) is 0.603. The van der Waals surface area contributed by atoms with E-state index < -0.39 is 5.60 Å². The molecule has 6 nitrogen and oxygen atoms in total. The van der Waals surface area contributed by atoms with Gasteiger partial charge in [-0.15, -0.1) is 12.4 Å². The number of hydrogen-bond acceptors (Lipinski definition) is 5. The van der Waals surface area contributed by atoms with Crippen molar-refractivity contribution in [2.75, 3.05) is 39.4 Å². The number of ether oxygens (including phenoxy) is 2. The predicted molar refractivity (Wildman–Crippen MR) is 132 cm³/mol. The first-order chi connectivity index (χ1) is 15.5. The molecular formula is C25H32Cl2N2O4. The van der Waals surface area contributed by atoms with Crippen LogP contribution in [0.2, 0.25) is 5.02 Å². The number of aliphatic hydroxyl groups is 1. The second-order valence-corrected chi connectivity index (χ2v) is 9.22. The van der Waals surface area contributed by atoms with E-state index >= 15 is 0 Å². The van der Waals surface area contributed by atoms with Gasteiger partial charge in [0, 0.05) is 23.7 Å². The van der Waals surface area contributed by atoms with E-state index in [1.54, 1.807) is 29.2 Å². The molecule has 0 atom stereocenters. The van der Waals surface area contributed by atoms with E-state index in [2.05, 4.69) is 5.32 Å². The fraction of sp³-hybridized carbons (Fsp3) is 0.480. The second kappa shape index (κ2) is 11.9. The molecule has 1 amide bonds. The zero-order chi connectivity index (χ0) is 22.4. The minimum atomic E-state index is -0.942. The molecule has 0 unspecified atom stereocenters. The first kappa shape index (κ1) is 25.6. The number of halogens is 2. The van der Waals surface area contributed by atoms with Crippen LogP contribution in [0.3, 0.4) is 0 Å². The number of likely N-dealkylation sites (tertiary alicyclic amines) is 1. The molecule has 2 fully saturated rings. The normalized spacial score (nSPS) is 18.3. The second-order valence-electron chi connectivity index (χ2n) is 8.79. The Bertz CT molecular complexity index is 878. The molecule has 0 radical (unpaired) electrons. The molecule has 2 aliphatic rings. The van der Waals surface area contributed by atoms with Gasteiger partial charge in [0.1, 0.15) is 23.7 Å². The summed E-state index contributed by atoms with van der Waals surface area (Å²) < 4.78 is 11.7. The van der Waals surface area contributed by atoms with Crippen LogP contribution < -0.4 is 14.8 Å². The molecule has 2 aromatic carbocycles. The lowest BCUT2D eigenvalue weighted by Crippen LogP contribution is -2.49. The summed E-state index contributed by atoms with van der Waals surface area (Å²) in [6.45, 7) is 4.01. The molecule has 180 valence electrons. The monoisotopic (exact) mass is 494 g/mol. The van der Waals surface area contributed by atoms with Crippen LogP contribution in [0.5, 0.6) is 11.5 Å². The van der Waals surface area contributed by atoms with Crippen LogP contribution in [-0.2, 0) is 0 Å². The SMILES string of the molecule is Cl.O=C(c1ccc(OCC2CCNCC2)cc1)N1CCC(O)(COc2ccc(Cl)cc2)CC1. The third-order valence-corrected chi connectivity index (χ3v) is 6.60. The van der Waals surface area contributed by atoms with Crippen molar-refractivity contribution >= 4 is 29.9 Å². The molecule has 0 aliphatic carbocycles. The number of rotatable bonds is 7. The molecule has 2 heterocycles. The van der Waals surface area contributed by atoms with Crippen LogP contribution in [0.15, 0.2) is 48.5 Å². The van der Waals surface area contributed by atoms with E-state index in [9.17, 15) is 9.90 Å². The van der Waals surface area contributed by atoms with Crippen LogP contribution in [0.4, 0.5) is 0 Å². The first-order valence-electron chi connectivity index (χ1n) is 11.3. The summed E-state index contributed by atoms with van der Waals surface area (Å²) in [5.41, 5.74) is -0.301. The molecule has 2 aromatic rings. The van der Waals surface area contributed by atoms with Gasteiger partial charge < -0.3 is 24.8 Å². The van der Waals surface area contributed by atoms with E-state index in [0.29, 0.717) is 48.2 Å². The molecule has 2 N–H and O–H groups in total. The molecule has 2 saturated heterocycles. The van der Waals surface area contributed by atoms with Crippen molar-refractivity contribution in [3.05, 3.63) is 59.1 Å². The minimum Gasteiger partial charge on any atom is -0.493 e. The summed E-state index contributed by atoms with van der Waals surface area (Å²) in [4.78, 5) is 14.7. The number of amides is 1. The number of carbonyl (C=O) groups is 1. The van der Waals surface area contributed by atoms with Crippen molar-refractivity contribution in [1.82, 2.24) is 10.2 Å². The number of hydrogen-bond donors (Lipinski definition) is 2. The van der Waals surface area contributed by atoms with Crippen molar-refractivity contribution in [3.63, 3.8) is 0 Å². The van der Waals surface area contributed by atoms with Crippen molar-refractivity contribution < 1.29 is 19.4 Å². The fourth-order valence-corrected chi connectivity index (χ4v) is 4.28. The maximum absolute atomic E-state index is 12.9. The zero-order valence-electron chi connectivity index (χ0n) is 18.7. The van der Waals surface area contributed by atoms with Gasteiger partial charge in [-0.2, -0.15) is 0 Å². The summed E-state index contributed by atoms with van der Waals surface area (Å²) >= 11 is 5.89. The topological polar surface area (TPSA) is 71.0 Å². The molecular weight excluding hydrogens is 463 g/mol. The smallest absolute Gasteiger partial charge is 0.253 e. The van der Waals surface area contributed by atoms with Gasteiger partial charge in [0.15, 0.2) is 0 Å². The first-order valence-corrected chi connectivity index (χ1v) is 11.7. The molecule has 2 aliphatic heterocycles. The van der Waals surface area contributed by atoms with E-state index in [1.807, 2.05) is 24.3 Å². The lowest BCUT2D eigenvalue weighted by Gasteiger charge is -2.38. The van der Waals surface area contributed by atoms with Crippen LogP contribution >= 0.6 is 24.0 Å². The molecule has 4 rings (SSSR count). The Labute approximate surface area is 206 Å². The maximum Gasteiger partial charge on any atom is 0.253 e. The highest BCUT2D eigenvalue weighted by Crippen LogP contribution is 2.26. The molecule has 0 spiro atoms. The van der Waals surface area contributed by atoms with E-state index in [0.717, 1.165) is 38.3 Å². The van der Waals surface area contributed by atoms with Gasteiger partial charge in [-0.3, -0.25) is 4.79 Å². The van der Waals surface area contributed by atoms with Crippen molar-refractivity contribution in [2.45, 2.75) is 31.3 Å². The zero-order valence-corrected chi connectivity index (χ0v) is 20.2. The van der Waals surface area contributed by atoms with Gasteiger partial charge in [-0.25, -0.2) is 0 Å². The Kier molecular flexibility index (Phi) is 9.27. The van der Waals surface area contributed by atoms with Gasteiger partial charge in [0.2, 0.25) is 0 Å². The molecule has 0 aromatic heterocycles. The van der Waals surface area contributed by atoms with Gasteiger partial charge >= 0.3 is 0 Å². The molecule has 0 saturated carbocycles. The van der Waals surface area contributed by atoms with Crippen molar-refractivity contribution in [2.24, 2.45) is 5.92 Å². The highest BCUT2D eigenvalue weighted by molar-refractivity contribution is 6.30. The Morgan fingerprint density at radius 1 is 1.00 bits per heavy atom. The van der Waals surface area contributed by atoms with E-state index in [-0.39, 0.29) is 24.9 Å². The third kappa shape index (κ3) is 7.24. The van der Waals surface area contributed by atoms with Gasteiger partial charge in [0.25, 0.3) is 5.91 Å². The number of nitrogens with one attached hydrogen (secondary N) is 1. The average Bonchev–Trinajstić information content (AvgIpc) is 2.83. The highest BCUT2D eigenvalue weighted by Gasteiger charge is 2.35. The van der Waals surface area contributed by atoms with Gasteiger partial charge in [-0.05, 0) is 93.2 Å². The minimum absolute atomic E-state index is 0. The maximum atomic E-state index is 12.9. The van der Waals surface area contributed by atoms with E-state index in [4.69, 9.17) is 21.1 Å². The van der Waals surface area contributed by atoms with Gasteiger partial charge in [0.05, 0.1) is 6.61 Å². The Hall–Kier alpha value is -1.99. The highest BCUT2D eigenvalue weighted by atomic mass is 35.5. The number of carbonyl (C=O) groups excluding carboxylic acids is 1. The largest absolute Gasteiger partial charge is 0.493 e. The summed E-state index contributed by atoms with van der Waals surface area (Å²) in [6, 6.07) is 14.5. The van der Waals surface area contributed by atoms with Crippen LogP contribution in [0, 0.1) is 5.92 Å². The van der Waals surface area contributed by atoms with E-state index in [1.165, 1.54) is 0 Å². The van der Waals surface area contributed by atoms with Gasteiger partial charge in [-0.1, -0.05) is 11.6 Å². The van der Waals surface area contributed by atoms with Crippen molar-refractivity contribution in [3.8, 4) is 11.5 Å². The summed E-state index contributed by atoms with van der Waals surface area (Å²) in [6.07, 6.45) is 3.23. The Morgan fingerprint density at radius 2 is 1.58 bits per heavy atom. The molecule has 33 heavy (non-hydrogen) atoms. The average molecular weight is 495 g/mol. The van der Waals surface area contributed by atoms with Crippen LogP contribution in [-0.4, -0.2) is 60.9 Å². The summed E-state index contributed by atoms with van der Waals surface area (Å²) in [5.74, 6) is 2.04. The Balaban J connectivity index is 0.00000306. The third-order valence-electron chi connectivity index (χ3n) is 6.35. The van der Waals surface area contributed by atoms with Crippen LogP contribution in [0.25, 0.3) is 0 Å². The van der Waals surface area contributed by atoms with Crippen LogP contribution in [0.1, 0.15) is 36.0 Å². The molecule has 0 bridgehead atoms. The number of benzene rings is 2. The fourth-order valence-electron chi connectivity index (χ4n) is 4.16. The molecule has 8 heteroatoms. The standard InChI is InChI=1S/C25H31ClN2O4.ClH/c26-21-3-7-23(8-4-21)32-18-25(30)11-15-28(16-12-25)24(29)20-1-5-22(6-2-20)31-17-19-9-13-27-14-10-19;/h1-8,19,27,30H,9-18H2;1H. The lowest BCUT2D eigenvalue weighted by atomic mass is 9.92. The summed E-state index contributed by atoms with van der Waals surface area (Å²) in [5, 5.41) is 14.9. The summed E-state index contributed by atoms with van der Waals surface area (Å²) in [7, 11) is 0. The Morgan fingerprint density at radius 3 is 2.21 bits per heavy atom.